The Bertz CT molecular complexity index is 251. The van der Waals surface area contributed by atoms with Crippen LogP contribution >= 0.6 is 0 Å². The number of methoxy groups -OCH3 is 1. The molecule has 3 nitrogen and oxygen atoms in total. The smallest absolute Gasteiger partial charge is 0.152 e. The first-order valence-electron chi connectivity index (χ1n) is 4.19. The van der Waals surface area contributed by atoms with Crippen LogP contribution in [0.15, 0.2) is 35.8 Å². The third-order valence-corrected chi connectivity index (χ3v) is 1.94. The molecular weight excluding hydrogens is 168 g/mol. The maximum atomic E-state index is 9.31. The molecule has 0 saturated carbocycles. The molecule has 72 valence electrons. The highest BCUT2D eigenvalue weighted by Crippen LogP contribution is 2.23. The molecule has 0 saturated heterocycles. The number of rotatable bonds is 3. The maximum absolute atomic E-state index is 9.31. The Hall–Kier alpha value is -1.22. The summed E-state index contributed by atoms with van der Waals surface area (Å²) in [5, 5.41) is 17.9. The van der Waals surface area contributed by atoms with E-state index in [1.54, 1.807) is 12.2 Å². The first-order valence-corrected chi connectivity index (χ1v) is 4.19. The highest BCUT2D eigenvalue weighted by Gasteiger charge is 2.13. The van der Waals surface area contributed by atoms with E-state index >= 15 is 0 Å². The second-order valence-corrected chi connectivity index (χ2v) is 2.85. The van der Waals surface area contributed by atoms with Gasteiger partial charge in [-0.2, -0.15) is 0 Å². The molecule has 3 heteroatoms. The highest BCUT2D eigenvalue weighted by atomic mass is 16.5. The van der Waals surface area contributed by atoms with E-state index in [0.717, 1.165) is 0 Å². The number of allylic oxidation sites excluding steroid dienone is 4. The molecule has 0 aliphatic heterocycles. The fraction of sp³-hybridized carbons (Fsp3) is 0.400. The minimum absolute atomic E-state index is 0.0440. The van der Waals surface area contributed by atoms with E-state index < -0.39 is 0 Å². The van der Waals surface area contributed by atoms with Crippen molar-refractivity contribution < 1.29 is 14.9 Å². The van der Waals surface area contributed by atoms with Gasteiger partial charge in [-0.15, -0.1) is 0 Å². The van der Waals surface area contributed by atoms with Crippen molar-refractivity contribution in [2.45, 2.75) is 6.42 Å². The normalized spacial score (nSPS) is 22.8. The number of hydrogen-bond donors (Lipinski definition) is 2. The molecule has 0 spiro atoms. The van der Waals surface area contributed by atoms with Crippen molar-refractivity contribution in [3.05, 3.63) is 35.8 Å². The van der Waals surface area contributed by atoms with Crippen molar-refractivity contribution in [1.82, 2.24) is 0 Å². The predicted octanol–water partition coefficient (Wildman–Crippen LogP) is 1.53. The SMILES string of the molecule is COC1=C(O)C=C[C@H](/C=C/CO)C1. The zero-order chi connectivity index (χ0) is 9.68. The van der Waals surface area contributed by atoms with Gasteiger partial charge in [0, 0.05) is 12.3 Å². The van der Waals surface area contributed by atoms with E-state index in [-0.39, 0.29) is 18.3 Å². The van der Waals surface area contributed by atoms with Gasteiger partial charge in [0.15, 0.2) is 5.76 Å². The Labute approximate surface area is 77.7 Å². The number of aliphatic hydroxyl groups is 2. The van der Waals surface area contributed by atoms with Crippen molar-refractivity contribution in [3.8, 4) is 0 Å². The molecule has 0 aromatic rings. The lowest BCUT2D eigenvalue weighted by Gasteiger charge is -2.15. The van der Waals surface area contributed by atoms with Gasteiger partial charge in [0.25, 0.3) is 0 Å². The number of hydrogen-bond acceptors (Lipinski definition) is 3. The molecule has 0 bridgehead atoms. The van der Waals surface area contributed by atoms with Gasteiger partial charge in [0.2, 0.25) is 0 Å². The molecule has 2 N–H and O–H groups in total. The van der Waals surface area contributed by atoms with E-state index in [4.69, 9.17) is 9.84 Å². The summed E-state index contributed by atoms with van der Waals surface area (Å²) in [6.45, 7) is 0.0440. The predicted molar refractivity (Wildman–Crippen MR) is 50.1 cm³/mol. The second kappa shape index (κ2) is 4.72. The molecule has 0 unspecified atom stereocenters. The van der Waals surface area contributed by atoms with Crippen molar-refractivity contribution in [3.63, 3.8) is 0 Å². The number of ether oxygens (including phenoxy) is 1. The maximum Gasteiger partial charge on any atom is 0.152 e. The third-order valence-electron chi connectivity index (χ3n) is 1.94. The Morgan fingerprint density at radius 1 is 1.69 bits per heavy atom. The zero-order valence-corrected chi connectivity index (χ0v) is 7.60. The van der Waals surface area contributed by atoms with Crippen LogP contribution < -0.4 is 0 Å². The Morgan fingerprint density at radius 2 is 2.46 bits per heavy atom. The van der Waals surface area contributed by atoms with Gasteiger partial charge in [0.05, 0.1) is 13.7 Å². The minimum atomic E-state index is 0.0440. The standard InChI is InChI=1S/C10H14O3/c1-13-10-7-8(3-2-6-11)4-5-9(10)12/h2-5,8,11-12H,6-7H2,1H3/b3-2+/t8-/m0/s1. The second-order valence-electron chi connectivity index (χ2n) is 2.85. The van der Waals surface area contributed by atoms with E-state index in [1.807, 2.05) is 12.2 Å². The quantitative estimate of drug-likeness (QED) is 0.651. The van der Waals surface area contributed by atoms with Crippen LogP contribution in [0.3, 0.4) is 0 Å². The van der Waals surface area contributed by atoms with Crippen molar-refractivity contribution in [1.29, 1.82) is 0 Å². The van der Waals surface area contributed by atoms with Crippen molar-refractivity contribution in [2.24, 2.45) is 5.92 Å². The molecular formula is C10H14O3. The van der Waals surface area contributed by atoms with Gasteiger partial charge < -0.3 is 14.9 Å². The zero-order valence-electron chi connectivity index (χ0n) is 7.60. The van der Waals surface area contributed by atoms with Crippen LogP contribution in [0.1, 0.15) is 6.42 Å². The highest BCUT2D eigenvalue weighted by molar-refractivity contribution is 5.24. The molecule has 0 fully saturated rings. The first-order chi connectivity index (χ1) is 6.27. The van der Waals surface area contributed by atoms with Crippen LogP contribution in [0.25, 0.3) is 0 Å². The van der Waals surface area contributed by atoms with Crippen LogP contribution in [0.5, 0.6) is 0 Å². The van der Waals surface area contributed by atoms with Crippen LogP contribution in [0, 0.1) is 5.92 Å². The lowest BCUT2D eigenvalue weighted by Crippen LogP contribution is -2.04. The van der Waals surface area contributed by atoms with Crippen LogP contribution in [-0.4, -0.2) is 23.9 Å². The summed E-state index contributed by atoms with van der Waals surface area (Å²) in [4.78, 5) is 0. The summed E-state index contributed by atoms with van der Waals surface area (Å²) in [5.74, 6) is 0.990. The molecule has 1 rings (SSSR count). The summed E-state index contributed by atoms with van der Waals surface area (Å²) in [7, 11) is 1.54. The van der Waals surface area contributed by atoms with Gasteiger partial charge in [-0.3, -0.25) is 0 Å². The lowest BCUT2D eigenvalue weighted by molar-refractivity contribution is 0.238. The summed E-state index contributed by atoms with van der Waals surface area (Å²) < 4.78 is 5.00. The molecule has 0 aromatic heterocycles. The van der Waals surface area contributed by atoms with Gasteiger partial charge in [-0.05, 0) is 6.08 Å². The van der Waals surface area contributed by atoms with Gasteiger partial charge in [-0.1, -0.05) is 18.2 Å². The fourth-order valence-electron chi connectivity index (χ4n) is 1.25. The van der Waals surface area contributed by atoms with Gasteiger partial charge in [0.1, 0.15) is 5.76 Å². The molecule has 0 radical (unpaired) electrons. The average molecular weight is 182 g/mol. The summed E-state index contributed by atoms with van der Waals surface area (Å²) >= 11 is 0. The summed E-state index contributed by atoms with van der Waals surface area (Å²) in [6.07, 6.45) is 7.72. The lowest BCUT2D eigenvalue weighted by atomic mass is 9.98. The molecule has 0 heterocycles. The Kier molecular flexibility index (Phi) is 3.58. The van der Waals surface area contributed by atoms with Gasteiger partial charge >= 0.3 is 0 Å². The fourth-order valence-corrected chi connectivity index (χ4v) is 1.25. The van der Waals surface area contributed by atoms with Gasteiger partial charge in [-0.25, -0.2) is 0 Å². The third kappa shape index (κ3) is 2.63. The van der Waals surface area contributed by atoms with Crippen molar-refractivity contribution in [2.75, 3.05) is 13.7 Å². The summed E-state index contributed by atoms with van der Waals surface area (Å²) in [6, 6.07) is 0. The largest absolute Gasteiger partial charge is 0.504 e. The monoisotopic (exact) mass is 182 g/mol. The molecule has 0 aromatic carbocycles. The minimum Gasteiger partial charge on any atom is -0.504 e. The number of aliphatic hydroxyl groups excluding tert-OH is 2. The Morgan fingerprint density at radius 3 is 3.08 bits per heavy atom. The topological polar surface area (TPSA) is 49.7 Å². The Balaban J connectivity index is 2.61. The molecule has 13 heavy (non-hydrogen) atoms. The van der Waals surface area contributed by atoms with E-state index in [1.165, 1.54) is 7.11 Å². The van der Waals surface area contributed by atoms with Crippen LogP contribution in [-0.2, 0) is 4.74 Å². The van der Waals surface area contributed by atoms with Crippen LogP contribution in [0.2, 0.25) is 0 Å². The molecule has 0 amide bonds. The van der Waals surface area contributed by atoms with E-state index in [0.29, 0.717) is 12.2 Å². The molecule has 1 aliphatic carbocycles. The van der Waals surface area contributed by atoms with Crippen LogP contribution in [0.4, 0.5) is 0 Å². The van der Waals surface area contributed by atoms with E-state index in [2.05, 4.69) is 0 Å². The molecule has 1 atom stereocenters. The van der Waals surface area contributed by atoms with Crippen molar-refractivity contribution >= 4 is 0 Å². The first kappa shape index (κ1) is 9.86. The summed E-state index contributed by atoms with van der Waals surface area (Å²) in [5.41, 5.74) is 0. The average Bonchev–Trinajstić information content (AvgIpc) is 2.16. The molecule has 1 aliphatic rings. The van der Waals surface area contributed by atoms with E-state index in [9.17, 15) is 5.11 Å².